The monoisotopic (exact) mass is 355 g/mol. The standard InChI is InChI=1S/C15H12F3N3O2S/c16-15(17,18)14-19-12-7-6-11(8-13(12)20-14)21-24(22,23)9-10-4-2-1-3-5-10/h1-8,21H,9H2,(H,19,20). The summed E-state index contributed by atoms with van der Waals surface area (Å²) in [5.74, 6) is -1.36. The number of halogens is 3. The van der Waals surface area contributed by atoms with Gasteiger partial charge >= 0.3 is 6.18 Å². The number of anilines is 1. The molecule has 1 heterocycles. The zero-order valence-electron chi connectivity index (χ0n) is 12.1. The highest BCUT2D eigenvalue weighted by Gasteiger charge is 2.34. The van der Waals surface area contributed by atoms with E-state index in [-0.39, 0.29) is 22.5 Å². The molecule has 0 atom stereocenters. The average molecular weight is 355 g/mol. The van der Waals surface area contributed by atoms with Crippen LogP contribution in [0.2, 0.25) is 0 Å². The van der Waals surface area contributed by atoms with Crippen molar-refractivity contribution in [2.75, 3.05) is 4.72 Å². The topological polar surface area (TPSA) is 74.8 Å². The highest BCUT2D eigenvalue weighted by Crippen LogP contribution is 2.29. The summed E-state index contributed by atoms with van der Waals surface area (Å²) in [4.78, 5) is 5.57. The second kappa shape index (κ2) is 5.82. The van der Waals surface area contributed by atoms with Gasteiger partial charge in [-0.2, -0.15) is 13.2 Å². The van der Waals surface area contributed by atoms with Crippen LogP contribution in [-0.2, 0) is 22.0 Å². The van der Waals surface area contributed by atoms with Gasteiger partial charge in [0.2, 0.25) is 15.8 Å². The minimum atomic E-state index is -4.59. The van der Waals surface area contributed by atoms with Crippen molar-refractivity contribution in [1.82, 2.24) is 9.97 Å². The van der Waals surface area contributed by atoms with E-state index < -0.39 is 22.0 Å². The number of nitrogens with one attached hydrogen (secondary N) is 2. The van der Waals surface area contributed by atoms with E-state index in [1.54, 1.807) is 30.3 Å². The lowest BCUT2D eigenvalue weighted by molar-refractivity contribution is -0.144. The molecule has 0 aliphatic carbocycles. The van der Waals surface area contributed by atoms with Crippen molar-refractivity contribution in [3.8, 4) is 0 Å². The summed E-state index contributed by atoms with van der Waals surface area (Å²) in [7, 11) is -3.68. The van der Waals surface area contributed by atoms with Gasteiger partial charge in [0.05, 0.1) is 22.5 Å². The SMILES string of the molecule is O=S(=O)(Cc1ccccc1)Nc1ccc2nc(C(F)(F)F)[nH]c2c1. The van der Waals surface area contributed by atoms with Crippen molar-refractivity contribution in [2.24, 2.45) is 0 Å². The highest BCUT2D eigenvalue weighted by atomic mass is 32.2. The minimum Gasteiger partial charge on any atom is -0.334 e. The Morgan fingerprint density at radius 3 is 2.46 bits per heavy atom. The maximum atomic E-state index is 12.6. The number of alkyl halides is 3. The van der Waals surface area contributed by atoms with Gasteiger partial charge in [-0.05, 0) is 23.8 Å². The number of hydrogen-bond acceptors (Lipinski definition) is 3. The molecule has 2 N–H and O–H groups in total. The molecule has 0 amide bonds. The van der Waals surface area contributed by atoms with Gasteiger partial charge in [-0.3, -0.25) is 4.72 Å². The Morgan fingerprint density at radius 1 is 1.08 bits per heavy atom. The van der Waals surface area contributed by atoms with E-state index >= 15 is 0 Å². The lowest BCUT2D eigenvalue weighted by Gasteiger charge is -2.08. The van der Waals surface area contributed by atoms with Gasteiger partial charge in [-0.25, -0.2) is 13.4 Å². The summed E-state index contributed by atoms with van der Waals surface area (Å²) >= 11 is 0. The van der Waals surface area contributed by atoms with Crippen molar-refractivity contribution in [1.29, 1.82) is 0 Å². The number of imidazole rings is 1. The molecule has 2 aromatic carbocycles. The minimum absolute atomic E-state index is 0.0993. The molecule has 3 rings (SSSR count). The van der Waals surface area contributed by atoms with Crippen molar-refractivity contribution in [3.63, 3.8) is 0 Å². The van der Waals surface area contributed by atoms with Crippen LogP contribution in [0, 0.1) is 0 Å². The molecule has 1 aromatic heterocycles. The molecule has 0 fully saturated rings. The maximum Gasteiger partial charge on any atom is 0.449 e. The molecular weight excluding hydrogens is 343 g/mol. The lowest BCUT2D eigenvalue weighted by atomic mass is 10.2. The fourth-order valence-corrected chi connectivity index (χ4v) is 3.41. The molecule has 3 aromatic rings. The highest BCUT2D eigenvalue weighted by molar-refractivity contribution is 7.91. The number of fused-ring (bicyclic) bond motifs is 1. The predicted octanol–water partition coefficient (Wildman–Crippen LogP) is 3.52. The van der Waals surface area contributed by atoms with E-state index in [9.17, 15) is 21.6 Å². The van der Waals surface area contributed by atoms with E-state index in [1.165, 1.54) is 18.2 Å². The molecule has 0 aliphatic rings. The smallest absolute Gasteiger partial charge is 0.334 e. The molecule has 0 aliphatic heterocycles. The number of hydrogen-bond donors (Lipinski definition) is 2. The third kappa shape index (κ3) is 3.67. The lowest BCUT2D eigenvalue weighted by Crippen LogP contribution is -2.14. The maximum absolute atomic E-state index is 12.6. The summed E-state index contributed by atoms with van der Waals surface area (Å²) in [6, 6.07) is 12.5. The molecule has 0 saturated carbocycles. The van der Waals surface area contributed by atoms with Crippen LogP contribution in [0.3, 0.4) is 0 Å². The average Bonchev–Trinajstić information content (AvgIpc) is 2.90. The van der Waals surface area contributed by atoms with Crippen LogP contribution in [0.5, 0.6) is 0 Å². The largest absolute Gasteiger partial charge is 0.449 e. The van der Waals surface area contributed by atoms with Crippen LogP contribution in [0.4, 0.5) is 18.9 Å². The molecule has 126 valence electrons. The first-order chi connectivity index (χ1) is 11.2. The Labute approximate surface area is 135 Å². The summed E-state index contributed by atoms with van der Waals surface area (Å²) in [5, 5.41) is 0. The van der Waals surface area contributed by atoms with Gasteiger partial charge in [-0.15, -0.1) is 0 Å². The number of rotatable bonds is 4. The summed E-state index contributed by atoms with van der Waals surface area (Å²) in [6.07, 6.45) is -4.59. The Bertz CT molecular complexity index is 967. The predicted molar refractivity (Wildman–Crippen MR) is 83.8 cm³/mol. The van der Waals surface area contributed by atoms with Gasteiger partial charge in [0, 0.05) is 0 Å². The summed E-state index contributed by atoms with van der Waals surface area (Å²) in [6.45, 7) is 0. The van der Waals surface area contributed by atoms with Crippen molar-refractivity contribution in [3.05, 3.63) is 59.9 Å². The van der Waals surface area contributed by atoms with Crippen LogP contribution in [0.15, 0.2) is 48.5 Å². The number of benzene rings is 2. The zero-order valence-corrected chi connectivity index (χ0v) is 12.9. The van der Waals surface area contributed by atoms with E-state index in [0.717, 1.165) is 0 Å². The van der Waals surface area contributed by atoms with Gasteiger partial charge in [0.15, 0.2) is 0 Å². The number of aromatic amines is 1. The molecule has 24 heavy (non-hydrogen) atoms. The third-order valence-electron chi connectivity index (χ3n) is 3.22. The fraction of sp³-hybridized carbons (Fsp3) is 0.133. The van der Waals surface area contributed by atoms with Crippen LogP contribution < -0.4 is 4.72 Å². The molecule has 9 heteroatoms. The number of aromatic nitrogens is 2. The molecule has 0 saturated heterocycles. The number of nitrogens with zero attached hydrogens (tertiary/aromatic N) is 1. The van der Waals surface area contributed by atoms with Crippen LogP contribution in [0.25, 0.3) is 11.0 Å². The van der Waals surface area contributed by atoms with E-state index in [4.69, 9.17) is 0 Å². The zero-order chi connectivity index (χ0) is 17.4. The van der Waals surface area contributed by atoms with Gasteiger partial charge in [-0.1, -0.05) is 30.3 Å². The number of sulfonamides is 1. The second-order valence-electron chi connectivity index (χ2n) is 5.16. The van der Waals surface area contributed by atoms with Crippen molar-refractivity contribution >= 4 is 26.7 Å². The number of H-pyrrole nitrogens is 1. The van der Waals surface area contributed by atoms with Crippen LogP contribution in [0.1, 0.15) is 11.4 Å². The molecule has 0 spiro atoms. The van der Waals surface area contributed by atoms with E-state index in [1.807, 2.05) is 0 Å². The van der Waals surface area contributed by atoms with Crippen molar-refractivity contribution < 1.29 is 21.6 Å². The summed E-state index contributed by atoms with van der Waals surface area (Å²) < 4.78 is 64.6. The first-order valence-corrected chi connectivity index (χ1v) is 8.49. The third-order valence-corrected chi connectivity index (χ3v) is 4.48. The Kier molecular flexibility index (Phi) is 3.96. The van der Waals surface area contributed by atoms with Crippen molar-refractivity contribution in [2.45, 2.75) is 11.9 Å². The van der Waals surface area contributed by atoms with Gasteiger partial charge < -0.3 is 4.98 Å². The van der Waals surface area contributed by atoms with Gasteiger partial charge in [0.25, 0.3) is 0 Å². The Hall–Kier alpha value is -2.55. The van der Waals surface area contributed by atoms with Gasteiger partial charge in [0.1, 0.15) is 0 Å². The molecule has 0 bridgehead atoms. The summed E-state index contributed by atoms with van der Waals surface area (Å²) in [5.41, 5.74) is 0.971. The second-order valence-corrected chi connectivity index (χ2v) is 6.88. The first-order valence-electron chi connectivity index (χ1n) is 6.84. The Morgan fingerprint density at radius 2 is 1.79 bits per heavy atom. The quantitative estimate of drug-likeness (QED) is 0.752. The van der Waals surface area contributed by atoms with E-state index in [2.05, 4.69) is 14.7 Å². The molecule has 0 radical (unpaired) electrons. The first kappa shape index (κ1) is 16.3. The molecular formula is C15H12F3N3O2S. The molecule has 0 unspecified atom stereocenters. The normalized spacial score (nSPS) is 12.5. The van der Waals surface area contributed by atoms with Crippen LogP contribution in [-0.4, -0.2) is 18.4 Å². The van der Waals surface area contributed by atoms with E-state index in [0.29, 0.717) is 5.56 Å². The fourth-order valence-electron chi connectivity index (χ4n) is 2.22. The Balaban J connectivity index is 1.84. The van der Waals surface area contributed by atoms with Crippen LogP contribution >= 0.6 is 0 Å². The molecule has 5 nitrogen and oxygen atoms in total.